The van der Waals surface area contributed by atoms with E-state index in [9.17, 15) is 9.59 Å². The first-order chi connectivity index (χ1) is 7.24. The number of imidazole rings is 1. The van der Waals surface area contributed by atoms with E-state index in [1.807, 2.05) is 4.57 Å². The molecule has 1 aliphatic heterocycles. The molecule has 0 atom stereocenters. The van der Waals surface area contributed by atoms with E-state index in [0.717, 1.165) is 11.3 Å². The van der Waals surface area contributed by atoms with Crippen molar-refractivity contribution in [1.82, 2.24) is 9.55 Å². The molecule has 0 saturated carbocycles. The van der Waals surface area contributed by atoms with Crippen LogP contribution in [0.3, 0.4) is 0 Å². The van der Waals surface area contributed by atoms with Crippen molar-refractivity contribution in [3.05, 3.63) is 35.4 Å². The van der Waals surface area contributed by atoms with Crippen LogP contribution in [0, 0.1) is 0 Å². The molecule has 0 saturated heterocycles. The summed E-state index contributed by atoms with van der Waals surface area (Å²) in [7, 11) is 0. The maximum Gasteiger partial charge on any atom is 0.171 e. The number of ketones is 2. The van der Waals surface area contributed by atoms with Gasteiger partial charge < -0.3 is 4.57 Å². The van der Waals surface area contributed by atoms with Gasteiger partial charge in [0.05, 0.1) is 24.6 Å². The largest absolute Gasteiger partial charge is 0.327 e. The van der Waals surface area contributed by atoms with Crippen molar-refractivity contribution >= 4 is 17.6 Å². The third kappa shape index (κ3) is 1.18. The van der Waals surface area contributed by atoms with Crippen molar-refractivity contribution in [1.29, 1.82) is 0 Å². The second-order valence-electron chi connectivity index (χ2n) is 3.74. The van der Waals surface area contributed by atoms with Crippen LogP contribution in [0.5, 0.6) is 0 Å². The number of nitrogens with zero attached hydrogens (tertiary/aromatic N) is 2. The lowest BCUT2D eigenvalue weighted by molar-refractivity contribution is -0.122. The van der Waals surface area contributed by atoms with Gasteiger partial charge in [-0.1, -0.05) is 0 Å². The van der Waals surface area contributed by atoms with Crippen LogP contribution in [-0.4, -0.2) is 21.1 Å². The van der Waals surface area contributed by atoms with Gasteiger partial charge in [0, 0.05) is 12.1 Å². The zero-order valence-corrected chi connectivity index (χ0v) is 7.93. The van der Waals surface area contributed by atoms with Crippen LogP contribution in [0.2, 0.25) is 0 Å². The van der Waals surface area contributed by atoms with Gasteiger partial charge in [-0.3, -0.25) is 9.59 Å². The summed E-state index contributed by atoms with van der Waals surface area (Å²) in [4.78, 5) is 26.8. The van der Waals surface area contributed by atoms with Crippen LogP contribution in [0.25, 0.3) is 6.08 Å². The van der Waals surface area contributed by atoms with E-state index in [0.29, 0.717) is 12.1 Å². The molecule has 1 aromatic rings. The number of hydrogen-bond donors (Lipinski definition) is 0. The molecule has 2 heterocycles. The molecule has 2 aliphatic rings. The Balaban J connectivity index is 2.19. The highest BCUT2D eigenvalue weighted by atomic mass is 16.1. The predicted molar refractivity (Wildman–Crippen MR) is 52.9 cm³/mol. The van der Waals surface area contributed by atoms with Crippen LogP contribution < -0.4 is 0 Å². The normalized spacial score (nSPS) is 19.2. The number of hydrogen-bond acceptors (Lipinski definition) is 3. The second-order valence-corrected chi connectivity index (χ2v) is 3.74. The zero-order chi connectivity index (χ0) is 10.4. The molecule has 74 valence electrons. The number of aromatic nitrogens is 2. The maximum atomic E-state index is 11.6. The third-order valence-electron chi connectivity index (χ3n) is 2.69. The van der Waals surface area contributed by atoms with Crippen LogP contribution in [-0.2, 0) is 16.1 Å². The molecule has 1 aromatic heterocycles. The van der Waals surface area contributed by atoms with Gasteiger partial charge in [-0.25, -0.2) is 4.98 Å². The maximum absolute atomic E-state index is 11.6. The molecule has 0 spiro atoms. The lowest BCUT2D eigenvalue weighted by atomic mass is 9.89. The Morgan fingerprint density at radius 2 is 2.13 bits per heavy atom. The number of allylic oxidation sites excluding steroid dienone is 3. The van der Waals surface area contributed by atoms with Gasteiger partial charge in [-0.15, -0.1) is 0 Å². The fraction of sp³-hybridized carbons (Fsp3) is 0.182. The lowest BCUT2D eigenvalue weighted by Gasteiger charge is -2.20. The summed E-state index contributed by atoms with van der Waals surface area (Å²) in [6.07, 6.45) is 6.79. The van der Waals surface area contributed by atoms with Crippen molar-refractivity contribution in [2.45, 2.75) is 13.0 Å². The Bertz CT molecular complexity index is 535. The summed E-state index contributed by atoms with van der Waals surface area (Å²) >= 11 is 0. The average molecular weight is 200 g/mol. The van der Waals surface area contributed by atoms with E-state index in [-0.39, 0.29) is 18.0 Å². The van der Waals surface area contributed by atoms with Crippen molar-refractivity contribution in [2.75, 3.05) is 0 Å². The fourth-order valence-corrected chi connectivity index (χ4v) is 1.97. The van der Waals surface area contributed by atoms with Crippen LogP contribution in [0.15, 0.2) is 29.7 Å². The van der Waals surface area contributed by atoms with Gasteiger partial charge >= 0.3 is 0 Å². The molecule has 15 heavy (non-hydrogen) atoms. The highest BCUT2D eigenvalue weighted by Crippen LogP contribution is 2.27. The molecule has 1 aliphatic carbocycles. The van der Waals surface area contributed by atoms with E-state index in [1.165, 1.54) is 0 Å². The van der Waals surface area contributed by atoms with Crippen molar-refractivity contribution in [3.63, 3.8) is 0 Å². The molecule has 0 amide bonds. The lowest BCUT2D eigenvalue weighted by Crippen LogP contribution is -2.22. The van der Waals surface area contributed by atoms with E-state index < -0.39 is 0 Å². The Morgan fingerprint density at radius 3 is 3.00 bits per heavy atom. The Kier molecular flexibility index (Phi) is 1.54. The Hall–Kier alpha value is -1.97. The first-order valence-corrected chi connectivity index (χ1v) is 4.73. The molecule has 0 N–H and O–H groups in total. The fourth-order valence-electron chi connectivity index (χ4n) is 1.97. The molecule has 0 radical (unpaired) electrons. The van der Waals surface area contributed by atoms with Gasteiger partial charge in [-0.2, -0.15) is 0 Å². The van der Waals surface area contributed by atoms with Crippen molar-refractivity contribution in [2.24, 2.45) is 0 Å². The third-order valence-corrected chi connectivity index (χ3v) is 2.69. The minimum Gasteiger partial charge on any atom is -0.327 e. The SMILES string of the molecule is O=C1C=C2Cn3cncc3C=C2C(=O)C1. The summed E-state index contributed by atoms with van der Waals surface area (Å²) < 4.78 is 1.92. The number of Topliss-reactive ketones (excluding diaryl/α,β-unsaturated/α-hetero) is 1. The minimum atomic E-state index is -0.101. The predicted octanol–water partition coefficient (Wildman–Crippen LogP) is 0.748. The summed E-state index contributed by atoms with van der Waals surface area (Å²) in [6, 6.07) is 0. The van der Waals surface area contributed by atoms with Gasteiger partial charge in [0.15, 0.2) is 11.6 Å². The van der Waals surface area contributed by atoms with E-state index in [4.69, 9.17) is 0 Å². The van der Waals surface area contributed by atoms with Gasteiger partial charge in [0.1, 0.15) is 0 Å². The van der Waals surface area contributed by atoms with E-state index in [1.54, 1.807) is 24.7 Å². The standard InChI is InChI=1S/C11H8N2O2/c14-9-1-7-5-13-6-12-4-8(13)2-10(7)11(15)3-9/h1-2,4,6H,3,5H2. The van der Waals surface area contributed by atoms with Crippen molar-refractivity contribution in [3.8, 4) is 0 Å². The number of carbonyl (C=O) groups is 2. The van der Waals surface area contributed by atoms with Gasteiger partial charge in [-0.05, 0) is 17.7 Å². The summed E-state index contributed by atoms with van der Waals surface area (Å²) in [5, 5.41) is 0. The number of fused-ring (bicyclic) bond motifs is 2. The van der Waals surface area contributed by atoms with Crippen LogP contribution in [0.1, 0.15) is 12.1 Å². The molecular weight excluding hydrogens is 192 g/mol. The summed E-state index contributed by atoms with van der Waals surface area (Å²) in [5.74, 6) is -0.180. The molecule has 4 heteroatoms. The monoisotopic (exact) mass is 200 g/mol. The first-order valence-electron chi connectivity index (χ1n) is 4.73. The zero-order valence-electron chi connectivity index (χ0n) is 7.93. The van der Waals surface area contributed by atoms with Gasteiger partial charge in [0.2, 0.25) is 0 Å². The number of rotatable bonds is 0. The topological polar surface area (TPSA) is 52.0 Å². The molecular formula is C11H8N2O2. The summed E-state index contributed by atoms with van der Waals surface area (Å²) in [5.41, 5.74) is 2.40. The van der Waals surface area contributed by atoms with E-state index >= 15 is 0 Å². The highest BCUT2D eigenvalue weighted by Gasteiger charge is 2.26. The van der Waals surface area contributed by atoms with Crippen LogP contribution in [0.4, 0.5) is 0 Å². The minimum absolute atomic E-state index is 0.00344. The quantitative estimate of drug-likeness (QED) is 0.580. The van der Waals surface area contributed by atoms with Crippen molar-refractivity contribution < 1.29 is 9.59 Å². The molecule has 0 fully saturated rings. The first kappa shape index (κ1) is 8.35. The molecule has 0 unspecified atom stereocenters. The molecule has 0 bridgehead atoms. The average Bonchev–Trinajstić information content (AvgIpc) is 2.61. The smallest absolute Gasteiger partial charge is 0.171 e. The molecule has 0 aromatic carbocycles. The molecule has 4 nitrogen and oxygen atoms in total. The van der Waals surface area contributed by atoms with Gasteiger partial charge in [0.25, 0.3) is 0 Å². The van der Waals surface area contributed by atoms with E-state index in [2.05, 4.69) is 4.98 Å². The Labute approximate surface area is 85.9 Å². The highest BCUT2D eigenvalue weighted by molar-refractivity contribution is 6.19. The summed E-state index contributed by atoms with van der Waals surface area (Å²) in [6.45, 7) is 0.568. The number of carbonyl (C=O) groups excluding carboxylic acids is 2. The molecule has 3 rings (SSSR count). The second kappa shape index (κ2) is 2.76. The Morgan fingerprint density at radius 1 is 1.27 bits per heavy atom. The van der Waals surface area contributed by atoms with Crippen LogP contribution >= 0.6 is 0 Å².